The monoisotopic (exact) mass is 298 g/mol. The molecular weight excluding hydrogens is 276 g/mol. The summed E-state index contributed by atoms with van der Waals surface area (Å²) in [6.45, 7) is 7.76. The number of nitrogens with one attached hydrogen (secondary N) is 2. The third-order valence-electron chi connectivity index (χ3n) is 3.35. The first-order valence-corrected chi connectivity index (χ1v) is 7.48. The van der Waals surface area contributed by atoms with Crippen molar-refractivity contribution in [2.45, 2.75) is 20.8 Å². The molecule has 0 spiro atoms. The lowest BCUT2D eigenvalue weighted by atomic mass is 10.2. The van der Waals surface area contributed by atoms with Gasteiger partial charge in [0.1, 0.15) is 5.82 Å². The maximum absolute atomic E-state index is 11.0. The van der Waals surface area contributed by atoms with Crippen molar-refractivity contribution in [1.82, 2.24) is 4.98 Å². The third-order valence-corrected chi connectivity index (χ3v) is 3.35. The van der Waals surface area contributed by atoms with Gasteiger partial charge in [-0.2, -0.15) is 0 Å². The smallest absolute Gasteiger partial charge is 0.222 e. The highest BCUT2D eigenvalue weighted by Gasteiger charge is 2.02. The van der Waals surface area contributed by atoms with Gasteiger partial charge in [0.05, 0.1) is 11.9 Å². The molecule has 5 heteroatoms. The standard InChI is InChI=1S/C17H22N4O/c1-4-21(5-2)16-9-6-14(7-10-16)20-15-8-11-17(18-12-15)19-13(3)22/h6-12,20H,4-5H2,1-3H3,(H,18,19,22). The van der Waals surface area contributed by atoms with Crippen molar-refractivity contribution in [3.05, 3.63) is 42.6 Å². The van der Waals surface area contributed by atoms with E-state index in [4.69, 9.17) is 0 Å². The Morgan fingerprint density at radius 2 is 1.68 bits per heavy atom. The van der Waals surface area contributed by atoms with Crippen LogP contribution in [-0.2, 0) is 4.79 Å². The second kappa shape index (κ2) is 7.45. The SMILES string of the molecule is CCN(CC)c1ccc(Nc2ccc(NC(C)=O)nc2)cc1. The lowest BCUT2D eigenvalue weighted by Crippen LogP contribution is -2.21. The van der Waals surface area contributed by atoms with Crippen LogP contribution in [-0.4, -0.2) is 24.0 Å². The van der Waals surface area contributed by atoms with E-state index in [0.29, 0.717) is 5.82 Å². The summed E-state index contributed by atoms with van der Waals surface area (Å²) in [5.74, 6) is 0.426. The summed E-state index contributed by atoms with van der Waals surface area (Å²) in [6.07, 6.45) is 1.70. The number of hydrogen-bond acceptors (Lipinski definition) is 4. The van der Waals surface area contributed by atoms with Gasteiger partial charge in [-0.1, -0.05) is 0 Å². The quantitative estimate of drug-likeness (QED) is 0.855. The van der Waals surface area contributed by atoms with Gasteiger partial charge < -0.3 is 15.5 Å². The molecule has 0 saturated heterocycles. The van der Waals surface area contributed by atoms with Crippen molar-refractivity contribution < 1.29 is 4.79 Å². The summed E-state index contributed by atoms with van der Waals surface area (Å²) < 4.78 is 0. The Kier molecular flexibility index (Phi) is 5.36. The van der Waals surface area contributed by atoms with Gasteiger partial charge in [0.15, 0.2) is 0 Å². The lowest BCUT2D eigenvalue weighted by Gasteiger charge is -2.21. The summed E-state index contributed by atoms with van der Waals surface area (Å²) in [7, 11) is 0. The molecule has 1 aromatic carbocycles. The molecular formula is C17H22N4O. The average Bonchev–Trinajstić information content (AvgIpc) is 2.51. The maximum atomic E-state index is 11.0. The molecule has 5 nitrogen and oxygen atoms in total. The minimum absolute atomic E-state index is 0.125. The van der Waals surface area contributed by atoms with Gasteiger partial charge in [0, 0.05) is 31.4 Å². The Morgan fingerprint density at radius 1 is 1.05 bits per heavy atom. The van der Waals surface area contributed by atoms with Crippen LogP contribution in [0.3, 0.4) is 0 Å². The summed E-state index contributed by atoms with van der Waals surface area (Å²) >= 11 is 0. The molecule has 22 heavy (non-hydrogen) atoms. The van der Waals surface area contributed by atoms with Crippen LogP contribution in [0, 0.1) is 0 Å². The highest BCUT2D eigenvalue weighted by atomic mass is 16.1. The number of carbonyl (C=O) groups excluding carboxylic acids is 1. The minimum atomic E-state index is -0.125. The van der Waals surface area contributed by atoms with Crippen LogP contribution in [0.1, 0.15) is 20.8 Å². The van der Waals surface area contributed by atoms with Crippen molar-refractivity contribution in [2.75, 3.05) is 28.6 Å². The van der Waals surface area contributed by atoms with Crippen molar-refractivity contribution >= 4 is 28.8 Å². The van der Waals surface area contributed by atoms with Gasteiger partial charge >= 0.3 is 0 Å². The van der Waals surface area contributed by atoms with Crippen LogP contribution < -0.4 is 15.5 Å². The van der Waals surface area contributed by atoms with Crippen LogP contribution in [0.4, 0.5) is 22.9 Å². The van der Waals surface area contributed by atoms with E-state index in [9.17, 15) is 4.79 Å². The fourth-order valence-electron chi connectivity index (χ4n) is 2.23. The molecule has 0 radical (unpaired) electrons. The van der Waals surface area contributed by atoms with Crippen LogP contribution >= 0.6 is 0 Å². The molecule has 116 valence electrons. The van der Waals surface area contributed by atoms with E-state index in [1.807, 2.05) is 6.07 Å². The second-order valence-corrected chi connectivity index (χ2v) is 4.96. The molecule has 0 bridgehead atoms. The van der Waals surface area contributed by atoms with Gasteiger partial charge in [-0.05, 0) is 50.2 Å². The summed E-state index contributed by atoms with van der Waals surface area (Å²) in [6, 6.07) is 12.0. The van der Waals surface area contributed by atoms with E-state index >= 15 is 0 Å². The fraction of sp³-hybridized carbons (Fsp3) is 0.294. The summed E-state index contributed by atoms with van der Waals surface area (Å²) in [5, 5.41) is 5.94. The normalized spacial score (nSPS) is 10.1. The molecule has 0 aliphatic carbocycles. The Labute approximate surface area is 131 Å². The number of rotatable bonds is 6. The summed E-state index contributed by atoms with van der Waals surface area (Å²) in [4.78, 5) is 17.4. The van der Waals surface area contributed by atoms with Crippen molar-refractivity contribution in [2.24, 2.45) is 0 Å². The molecule has 0 unspecified atom stereocenters. The fourth-order valence-corrected chi connectivity index (χ4v) is 2.23. The number of carbonyl (C=O) groups is 1. The van der Waals surface area contributed by atoms with Gasteiger partial charge in [0.25, 0.3) is 0 Å². The number of amides is 1. The number of nitrogens with zero attached hydrogens (tertiary/aromatic N) is 2. The predicted octanol–water partition coefficient (Wildman–Crippen LogP) is 3.63. The minimum Gasteiger partial charge on any atom is -0.372 e. The van der Waals surface area contributed by atoms with E-state index < -0.39 is 0 Å². The zero-order valence-electron chi connectivity index (χ0n) is 13.3. The Balaban J connectivity index is 2.03. The van der Waals surface area contributed by atoms with Crippen LogP contribution in [0.25, 0.3) is 0 Å². The van der Waals surface area contributed by atoms with Crippen molar-refractivity contribution in [3.8, 4) is 0 Å². The zero-order valence-corrected chi connectivity index (χ0v) is 13.3. The lowest BCUT2D eigenvalue weighted by molar-refractivity contribution is -0.114. The molecule has 0 aliphatic rings. The highest BCUT2D eigenvalue weighted by molar-refractivity contribution is 5.87. The average molecular weight is 298 g/mol. The molecule has 2 N–H and O–H groups in total. The van der Waals surface area contributed by atoms with E-state index in [0.717, 1.165) is 24.5 Å². The highest BCUT2D eigenvalue weighted by Crippen LogP contribution is 2.21. The first-order chi connectivity index (χ1) is 10.6. The van der Waals surface area contributed by atoms with Crippen molar-refractivity contribution in [1.29, 1.82) is 0 Å². The molecule has 2 rings (SSSR count). The Bertz CT molecular complexity index is 604. The molecule has 0 atom stereocenters. The second-order valence-electron chi connectivity index (χ2n) is 4.96. The third kappa shape index (κ3) is 4.22. The largest absolute Gasteiger partial charge is 0.372 e. The predicted molar refractivity (Wildman–Crippen MR) is 91.8 cm³/mol. The number of pyridine rings is 1. The van der Waals surface area contributed by atoms with Gasteiger partial charge in [-0.3, -0.25) is 4.79 Å². The maximum Gasteiger partial charge on any atom is 0.222 e. The topological polar surface area (TPSA) is 57.3 Å². The summed E-state index contributed by atoms with van der Waals surface area (Å²) in [5.41, 5.74) is 3.10. The number of aromatic nitrogens is 1. The van der Waals surface area contributed by atoms with E-state index in [2.05, 4.69) is 58.6 Å². The van der Waals surface area contributed by atoms with Crippen LogP contribution in [0.5, 0.6) is 0 Å². The van der Waals surface area contributed by atoms with Crippen LogP contribution in [0.2, 0.25) is 0 Å². The van der Waals surface area contributed by atoms with Crippen molar-refractivity contribution in [3.63, 3.8) is 0 Å². The molecule has 1 aromatic heterocycles. The molecule has 0 fully saturated rings. The van der Waals surface area contributed by atoms with Gasteiger partial charge in [0.2, 0.25) is 5.91 Å². The molecule has 2 aromatic rings. The van der Waals surface area contributed by atoms with Gasteiger partial charge in [-0.15, -0.1) is 0 Å². The first kappa shape index (κ1) is 15.8. The molecule has 1 amide bonds. The number of benzene rings is 1. The molecule has 0 saturated carbocycles. The first-order valence-electron chi connectivity index (χ1n) is 7.48. The van der Waals surface area contributed by atoms with Gasteiger partial charge in [-0.25, -0.2) is 4.98 Å². The number of hydrogen-bond donors (Lipinski definition) is 2. The molecule has 0 aliphatic heterocycles. The van der Waals surface area contributed by atoms with E-state index in [-0.39, 0.29) is 5.91 Å². The van der Waals surface area contributed by atoms with E-state index in [1.165, 1.54) is 12.6 Å². The zero-order chi connectivity index (χ0) is 15.9. The molecule has 1 heterocycles. The Morgan fingerprint density at radius 3 is 2.18 bits per heavy atom. The van der Waals surface area contributed by atoms with E-state index in [1.54, 1.807) is 12.3 Å². The van der Waals surface area contributed by atoms with Crippen LogP contribution in [0.15, 0.2) is 42.6 Å². The number of anilines is 4. The Hall–Kier alpha value is -2.56.